The van der Waals surface area contributed by atoms with Crippen LogP contribution in [0, 0.1) is 0 Å². The largest absolute Gasteiger partial charge is 0.463 e. The van der Waals surface area contributed by atoms with Gasteiger partial charge in [0.2, 0.25) is 0 Å². The van der Waals surface area contributed by atoms with E-state index in [1.165, 1.54) is 23.8 Å². The average molecular weight is 359 g/mol. The highest BCUT2D eigenvalue weighted by atomic mass is 79.9. The summed E-state index contributed by atoms with van der Waals surface area (Å²) in [5.41, 5.74) is 2.21. The molecule has 0 amide bonds. The van der Waals surface area contributed by atoms with E-state index >= 15 is 0 Å². The molecule has 1 saturated carbocycles. The molecule has 0 bridgehead atoms. The van der Waals surface area contributed by atoms with Crippen molar-refractivity contribution in [2.24, 2.45) is 0 Å². The van der Waals surface area contributed by atoms with Gasteiger partial charge in [-0.3, -0.25) is 0 Å². The van der Waals surface area contributed by atoms with Gasteiger partial charge in [-0.05, 0) is 59.4 Å². The van der Waals surface area contributed by atoms with Crippen molar-refractivity contribution in [3.8, 4) is 0 Å². The average Bonchev–Trinajstić information content (AvgIpc) is 3.01. The first-order valence-corrected chi connectivity index (χ1v) is 7.41. The van der Waals surface area contributed by atoms with Crippen molar-refractivity contribution < 1.29 is 4.42 Å². The summed E-state index contributed by atoms with van der Waals surface area (Å²) in [5.74, 6) is 0. The first-order valence-electron chi connectivity index (χ1n) is 5.82. The zero-order valence-corrected chi connectivity index (χ0v) is 12.5. The summed E-state index contributed by atoms with van der Waals surface area (Å²) in [6, 6.07) is 4.90. The Hall–Kier alpha value is -0.320. The number of halogens is 2. The molecule has 0 radical (unpaired) electrons. The van der Waals surface area contributed by atoms with Gasteiger partial charge in [0.1, 0.15) is 5.58 Å². The Morgan fingerprint density at radius 1 is 1.29 bits per heavy atom. The predicted octanol–water partition coefficient (Wildman–Crippen LogP) is 4.25. The molecule has 3 rings (SSSR count). The van der Waals surface area contributed by atoms with Gasteiger partial charge in [-0.2, -0.15) is 0 Å². The lowest BCUT2D eigenvalue weighted by Gasteiger charge is -2.01. The van der Waals surface area contributed by atoms with E-state index in [1.807, 2.05) is 12.3 Å². The number of rotatable bonds is 4. The monoisotopic (exact) mass is 357 g/mol. The van der Waals surface area contributed by atoms with Crippen LogP contribution in [0.25, 0.3) is 11.0 Å². The Kier molecular flexibility index (Phi) is 3.28. The quantitative estimate of drug-likeness (QED) is 0.883. The van der Waals surface area contributed by atoms with Gasteiger partial charge in [-0.15, -0.1) is 0 Å². The molecule has 1 heterocycles. The normalized spacial score (nSPS) is 15.6. The van der Waals surface area contributed by atoms with Crippen LogP contribution in [0.15, 0.2) is 31.8 Å². The lowest BCUT2D eigenvalue weighted by molar-refractivity contribution is 0.604. The second kappa shape index (κ2) is 4.75. The van der Waals surface area contributed by atoms with E-state index in [0.717, 1.165) is 33.5 Å². The van der Waals surface area contributed by atoms with Crippen molar-refractivity contribution in [2.75, 3.05) is 6.54 Å². The number of fused-ring (bicyclic) bond motifs is 1. The van der Waals surface area contributed by atoms with Gasteiger partial charge in [-0.25, -0.2) is 0 Å². The molecule has 0 unspecified atom stereocenters. The fraction of sp³-hybridized carbons (Fsp3) is 0.385. The minimum Gasteiger partial charge on any atom is -0.463 e. The number of benzene rings is 1. The van der Waals surface area contributed by atoms with Gasteiger partial charge >= 0.3 is 0 Å². The molecule has 4 heteroatoms. The molecule has 2 nitrogen and oxygen atoms in total. The maximum atomic E-state index is 5.61. The summed E-state index contributed by atoms with van der Waals surface area (Å²) in [6.07, 6.45) is 5.56. The van der Waals surface area contributed by atoms with Crippen molar-refractivity contribution in [1.29, 1.82) is 0 Å². The van der Waals surface area contributed by atoms with Crippen molar-refractivity contribution in [3.63, 3.8) is 0 Å². The van der Waals surface area contributed by atoms with Crippen molar-refractivity contribution in [3.05, 3.63) is 32.9 Å². The Morgan fingerprint density at radius 2 is 2.12 bits per heavy atom. The summed E-state index contributed by atoms with van der Waals surface area (Å²) in [5, 5.41) is 4.72. The van der Waals surface area contributed by atoms with E-state index in [9.17, 15) is 0 Å². The standard InChI is InChI=1S/C13H13Br2NO/c14-9-5-11-8(3-4-16-10-1-2-10)7-17-13(11)12(15)6-9/h5-7,10,16H,1-4H2. The van der Waals surface area contributed by atoms with E-state index in [4.69, 9.17) is 4.42 Å². The van der Waals surface area contributed by atoms with E-state index in [-0.39, 0.29) is 0 Å². The topological polar surface area (TPSA) is 25.2 Å². The van der Waals surface area contributed by atoms with Crippen molar-refractivity contribution >= 4 is 42.8 Å². The lowest BCUT2D eigenvalue weighted by atomic mass is 10.1. The van der Waals surface area contributed by atoms with Crippen LogP contribution in [0.3, 0.4) is 0 Å². The Labute approximate surface area is 117 Å². The highest BCUT2D eigenvalue weighted by Gasteiger charge is 2.20. The molecular weight excluding hydrogens is 346 g/mol. The van der Waals surface area contributed by atoms with Crippen LogP contribution in [-0.4, -0.2) is 12.6 Å². The van der Waals surface area contributed by atoms with Crippen LogP contribution in [0.1, 0.15) is 18.4 Å². The molecule has 0 spiro atoms. The number of hydrogen-bond acceptors (Lipinski definition) is 2. The number of hydrogen-bond donors (Lipinski definition) is 1. The van der Waals surface area contributed by atoms with Gasteiger partial charge in [0.15, 0.2) is 0 Å². The maximum absolute atomic E-state index is 5.61. The SMILES string of the molecule is Brc1cc(Br)c2occ(CCNC3CC3)c2c1. The van der Waals surface area contributed by atoms with Crippen LogP contribution in [0.2, 0.25) is 0 Å². The van der Waals surface area contributed by atoms with Gasteiger partial charge in [0, 0.05) is 15.9 Å². The minimum absolute atomic E-state index is 0.770. The molecule has 0 saturated heterocycles. The molecule has 1 aliphatic carbocycles. The molecule has 1 aliphatic rings. The molecule has 1 fully saturated rings. The summed E-state index contributed by atoms with van der Waals surface area (Å²) in [7, 11) is 0. The number of furan rings is 1. The second-order valence-electron chi connectivity index (χ2n) is 4.50. The number of nitrogens with one attached hydrogen (secondary N) is 1. The minimum atomic E-state index is 0.770. The molecule has 0 atom stereocenters. The summed E-state index contributed by atoms with van der Waals surface area (Å²) in [6.45, 7) is 1.03. The zero-order chi connectivity index (χ0) is 11.8. The third-order valence-corrected chi connectivity index (χ3v) is 4.12. The molecular formula is C13H13Br2NO. The van der Waals surface area contributed by atoms with Crippen LogP contribution < -0.4 is 5.32 Å². The Bertz CT molecular complexity index is 546. The van der Waals surface area contributed by atoms with Crippen molar-refractivity contribution in [1.82, 2.24) is 5.32 Å². The van der Waals surface area contributed by atoms with Crippen LogP contribution >= 0.6 is 31.9 Å². The fourth-order valence-corrected chi connectivity index (χ4v) is 3.32. The van der Waals surface area contributed by atoms with Crippen molar-refractivity contribution in [2.45, 2.75) is 25.3 Å². The third-order valence-electron chi connectivity index (χ3n) is 3.08. The lowest BCUT2D eigenvalue weighted by Crippen LogP contribution is -2.19. The maximum Gasteiger partial charge on any atom is 0.148 e. The smallest absolute Gasteiger partial charge is 0.148 e. The molecule has 0 aliphatic heterocycles. The third kappa shape index (κ3) is 2.59. The second-order valence-corrected chi connectivity index (χ2v) is 6.27. The van der Waals surface area contributed by atoms with Crippen LogP contribution in [-0.2, 0) is 6.42 Å². The highest BCUT2D eigenvalue weighted by Crippen LogP contribution is 2.32. The summed E-state index contributed by atoms with van der Waals surface area (Å²) in [4.78, 5) is 0. The zero-order valence-electron chi connectivity index (χ0n) is 9.30. The van der Waals surface area contributed by atoms with E-state index in [0.29, 0.717) is 0 Å². The summed E-state index contributed by atoms with van der Waals surface area (Å²) >= 11 is 7.04. The van der Waals surface area contributed by atoms with Crippen LogP contribution in [0.4, 0.5) is 0 Å². The molecule has 2 aromatic rings. The van der Waals surface area contributed by atoms with E-state index < -0.39 is 0 Å². The first-order chi connectivity index (χ1) is 8.24. The predicted molar refractivity (Wildman–Crippen MR) is 76.3 cm³/mol. The van der Waals surface area contributed by atoms with E-state index in [1.54, 1.807) is 0 Å². The Balaban J connectivity index is 1.83. The highest BCUT2D eigenvalue weighted by molar-refractivity contribution is 9.11. The van der Waals surface area contributed by atoms with Gasteiger partial charge < -0.3 is 9.73 Å². The van der Waals surface area contributed by atoms with E-state index in [2.05, 4.69) is 43.2 Å². The van der Waals surface area contributed by atoms with Gasteiger partial charge in [-0.1, -0.05) is 15.9 Å². The fourth-order valence-electron chi connectivity index (χ4n) is 2.00. The molecule has 17 heavy (non-hydrogen) atoms. The molecule has 1 N–H and O–H groups in total. The molecule has 1 aromatic heterocycles. The summed E-state index contributed by atoms with van der Waals surface area (Å²) < 4.78 is 7.69. The Morgan fingerprint density at radius 3 is 2.88 bits per heavy atom. The van der Waals surface area contributed by atoms with Crippen LogP contribution in [0.5, 0.6) is 0 Å². The molecule has 90 valence electrons. The van der Waals surface area contributed by atoms with Gasteiger partial charge in [0.25, 0.3) is 0 Å². The molecule has 1 aromatic carbocycles. The van der Waals surface area contributed by atoms with Gasteiger partial charge in [0.05, 0.1) is 10.7 Å². The first kappa shape index (κ1) is 11.8.